The maximum absolute atomic E-state index is 12.7. The molecule has 1 aromatic carbocycles. The summed E-state index contributed by atoms with van der Waals surface area (Å²) in [6, 6.07) is 5.48. The fourth-order valence-corrected chi connectivity index (χ4v) is 2.67. The fourth-order valence-electron chi connectivity index (χ4n) is 2.67. The number of nitrogens with one attached hydrogen (secondary N) is 2. The summed E-state index contributed by atoms with van der Waals surface area (Å²) >= 11 is 0. The van der Waals surface area contributed by atoms with Crippen LogP contribution < -0.4 is 27.8 Å². The molecule has 0 aromatic heterocycles. The number of benzene rings is 1. The summed E-state index contributed by atoms with van der Waals surface area (Å²) in [4.78, 5) is 47.4. The van der Waals surface area contributed by atoms with E-state index in [1.165, 1.54) is 0 Å². The standard InChI is InChI=1S/C19H29N5O5/c20-9-5-4-8-14(23-17(26)13(21)11-16(22)25)18(27)24-15(19(28)29)10-12-6-2-1-3-7-12/h1-3,6-7,13-15H,4-5,8-11,20-21H2,(H2,22,25)(H,23,26)(H,24,27)(H,28,29)/t13-,14-,15-/m0/s1. The van der Waals surface area contributed by atoms with Gasteiger partial charge in [-0.15, -0.1) is 0 Å². The molecule has 3 atom stereocenters. The first-order chi connectivity index (χ1) is 13.7. The van der Waals surface area contributed by atoms with Crippen molar-refractivity contribution in [3.05, 3.63) is 35.9 Å². The summed E-state index contributed by atoms with van der Waals surface area (Å²) in [6.07, 6.45) is 1.13. The van der Waals surface area contributed by atoms with E-state index in [0.717, 1.165) is 5.56 Å². The largest absolute Gasteiger partial charge is 0.480 e. The number of unbranched alkanes of at least 4 members (excludes halogenated alkanes) is 1. The average molecular weight is 407 g/mol. The molecule has 3 amide bonds. The minimum atomic E-state index is -1.20. The van der Waals surface area contributed by atoms with Crippen LogP contribution in [0.4, 0.5) is 0 Å². The minimum Gasteiger partial charge on any atom is -0.480 e. The zero-order valence-electron chi connectivity index (χ0n) is 16.2. The van der Waals surface area contributed by atoms with Gasteiger partial charge in [0, 0.05) is 6.42 Å². The Morgan fingerprint density at radius 2 is 1.59 bits per heavy atom. The van der Waals surface area contributed by atoms with Crippen LogP contribution in [0.15, 0.2) is 30.3 Å². The number of primary amides is 1. The van der Waals surface area contributed by atoms with Gasteiger partial charge in [-0.3, -0.25) is 14.4 Å². The van der Waals surface area contributed by atoms with Crippen molar-refractivity contribution in [1.82, 2.24) is 10.6 Å². The van der Waals surface area contributed by atoms with E-state index in [-0.39, 0.29) is 19.3 Å². The lowest BCUT2D eigenvalue weighted by molar-refractivity contribution is -0.142. The third-order valence-corrected chi connectivity index (χ3v) is 4.24. The Hall–Kier alpha value is -2.98. The lowest BCUT2D eigenvalue weighted by Gasteiger charge is -2.23. The van der Waals surface area contributed by atoms with Crippen LogP contribution in [0, 0.1) is 0 Å². The predicted octanol–water partition coefficient (Wildman–Crippen LogP) is -1.38. The summed E-state index contributed by atoms with van der Waals surface area (Å²) in [5, 5.41) is 14.4. The van der Waals surface area contributed by atoms with Crippen LogP contribution in [0.1, 0.15) is 31.2 Å². The first kappa shape index (κ1) is 24.1. The molecule has 0 heterocycles. The smallest absolute Gasteiger partial charge is 0.326 e. The van der Waals surface area contributed by atoms with E-state index in [9.17, 15) is 24.3 Å². The molecule has 0 saturated carbocycles. The summed E-state index contributed by atoms with van der Waals surface area (Å²) in [7, 11) is 0. The molecule has 9 N–H and O–H groups in total. The highest BCUT2D eigenvalue weighted by Crippen LogP contribution is 2.06. The van der Waals surface area contributed by atoms with Crippen LogP contribution in [0.3, 0.4) is 0 Å². The van der Waals surface area contributed by atoms with E-state index < -0.39 is 41.8 Å². The molecule has 1 rings (SSSR count). The van der Waals surface area contributed by atoms with Crippen molar-refractivity contribution >= 4 is 23.7 Å². The molecule has 0 aliphatic heterocycles. The quantitative estimate of drug-likeness (QED) is 0.217. The second-order valence-corrected chi connectivity index (χ2v) is 6.71. The van der Waals surface area contributed by atoms with Crippen LogP contribution in [0.5, 0.6) is 0 Å². The van der Waals surface area contributed by atoms with E-state index >= 15 is 0 Å². The fraction of sp³-hybridized carbons (Fsp3) is 0.474. The Kier molecular flexibility index (Phi) is 10.3. The second kappa shape index (κ2) is 12.5. The van der Waals surface area contributed by atoms with E-state index in [1.54, 1.807) is 30.3 Å². The maximum atomic E-state index is 12.7. The Morgan fingerprint density at radius 1 is 0.966 bits per heavy atom. The molecule has 1 aromatic rings. The number of carboxylic acids is 1. The number of carboxylic acid groups (broad SMARTS) is 1. The second-order valence-electron chi connectivity index (χ2n) is 6.71. The van der Waals surface area contributed by atoms with Gasteiger partial charge in [0.25, 0.3) is 0 Å². The molecule has 0 aliphatic rings. The van der Waals surface area contributed by atoms with Crippen molar-refractivity contribution in [2.24, 2.45) is 17.2 Å². The van der Waals surface area contributed by atoms with Crippen molar-refractivity contribution in [2.45, 2.75) is 50.2 Å². The van der Waals surface area contributed by atoms with Gasteiger partial charge in [-0.2, -0.15) is 0 Å². The minimum absolute atomic E-state index is 0.0899. The van der Waals surface area contributed by atoms with Gasteiger partial charge in [0.05, 0.1) is 12.5 Å². The first-order valence-corrected chi connectivity index (χ1v) is 9.36. The summed E-state index contributed by atoms with van der Waals surface area (Å²) < 4.78 is 0. The number of aliphatic carboxylic acids is 1. The molecular weight excluding hydrogens is 378 g/mol. The third kappa shape index (κ3) is 9.17. The van der Waals surface area contributed by atoms with Crippen molar-refractivity contribution in [3.8, 4) is 0 Å². The number of amides is 3. The molecule has 0 fully saturated rings. The molecular formula is C19H29N5O5. The number of nitrogens with two attached hydrogens (primary N) is 3. The van der Waals surface area contributed by atoms with Gasteiger partial charge < -0.3 is 32.9 Å². The van der Waals surface area contributed by atoms with Crippen molar-refractivity contribution in [2.75, 3.05) is 6.54 Å². The summed E-state index contributed by atoms with van der Waals surface area (Å²) in [6.45, 7) is 0.412. The zero-order chi connectivity index (χ0) is 21.8. The topological polar surface area (TPSA) is 191 Å². The van der Waals surface area contributed by atoms with Gasteiger partial charge in [-0.1, -0.05) is 30.3 Å². The lowest BCUT2D eigenvalue weighted by atomic mass is 10.0. The molecule has 0 saturated heterocycles. The SMILES string of the molecule is NCCCC[C@H](NC(=O)[C@@H](N)CC(N)=O)C(=O)N[C@@H](Cc1ccccc1)C(=O)O. The maximum Gasteiger partial charge on any atom is 0.326 e. The molecule has 0 aliphatic carbocycles. The average Bonchev–Trinajstić information content (AvgIpc) is 2.66. The van der Waals surface area contributed by atoms with Gasteiger partial charge in [-0.25, -0.2) is 4.79 Å². The molecule has 0 spiro atoms. The van der Waals surface area contributed by atoms with Gasteiger partial charge >= 0.3 is 5.97 Å². The van der Waals surface area contributed by atoms with Crippen LogP contribution in [-0.2, 0) is 25.6 Å². The molecule has 0 radical (unpaired) electrons. The van der Waals surface area contributed by atoms with Crippen LogP contribution in [0.25, 0.3) is 0 Å². The van der Waals surface area contributed by atoms with E-state index in [2.05, 4.69) is 10.6 Å². The normalized spacial score (nSPS) is 13.7. The Bertz CT molecular complexity index is 697. The van der Waals surface area contributed by atoms with E-state index in [4.69, 9.17) is 17.2 Å². The highest BCUT2D eigenvalue weighted by molar-refractivity contribution is 5.93. The lowest BCUT2D eigenvalue weighted by Crippen LogP contribution is -2.55. The molecule has 160 valence electrons. The van der Waals surface area contributed by atoms with Gasteiger partial charge in [0.1, 0.15) is 12.1 Å². The molecule has 0 unspecified atom stereocenters. The predicted molar refractivity (Wildman–Crippen MR) is 106 cm³/mol. The highest BCUT2D eigenvalue weighted by atomic mass is 16.4. The van der Waals surface area contributed by atoms with Crippen molar-refractivity contribution in [3.63, 3.8) is 0 Å². The number of carbonyl (C=O) groups excluding carboxylic acids is 3. The number of rotatable bonds is 13. The summed E-state index contributed by atoms with van der Waals surface area (Å²) in [5.74, 6) is -3.30. The van der Waals surface area contributed by atoms with Crippen LogP contribution in [-0.4, -0.2) is 53.5 Å². The molecule has 10 heteroatoms. The first-order valence-electron chi connectivity index (χ1n) is 9.36. The summed E-state index contributed by atoms with van der Waals surface area (Å²) in [5.41, 5.74) is 16.9. The third-order valence-electron chi connectivity index (χ3n) is 4.24. The number of hydrogen-bond donors (Lipinski definition) is 6. The van der Waals surface area contributed by atoms with E-state index in [0.29, 0.717) is 19.4 Å². The molecule has 10 nitrogen and oxygen atoms in total. The molecule has 0 bridgehead atoms. The van der Waals surface area contributed by atoms with Gasteiger partial charge in [-0.05, 0) is 31.4 Å². The highest BCUT2D eigenvalue weighted by Gasteiger charge is 2.28. The van der Waals surface area contributed by atoms with Crippen molar-refractivity contribution < 1.29 is 24.3 Å². The Morgan fingerprint density at radius 3 is 2.14 bits per heavy atom. The zero-order valence-corrected chi connectivity index (χ0v) is 16.2. The Labute approximate surface area is 169 Å². The number of carbonyl (C=O) groups is 4. The van der Waals surface area contributed by atoms with Crippen LogP contribution >= 0.6 is 0 Å². The van der Waals surface area contributed by atoms with Crippen LogP contribution in [0.2, 0.25) is 0 Å². The Balaban J connectivity index is 2.83. The van der Waals surface area contributed by atoms with Crippen molar-refractivity contribution in [1.29, 1.82) is 0 Å². The van der Waals surface area contributed by atoms with E-state index in [1.807, 2.05) is 0 Å². The molecule has 29 heavy (non-hydrogen) atoms. The monoisotopic (exact) mass is 407 g/mol. The van der Waals surface area contributed by atoms with Gasteiger partial charge in [0.2, 0.25) is 17.7 Å². The number of hydrogen-bond acceptors (Lipinski definition) is 6. The van der Waals surface area contributed by atoms with Gasteiger partial charge in [0.15, 0.2) is 0 Å².